The Morgan fingerprint density at radius 2 is 1.63 bits per heavy atom. The summed E-state index contributed by atoms with van der Waals surface area (Å²) in [6, 6.07) is 25.2. The van der Waals surface area contributed by atoms with Gasteiger partial charge in [-0.2, -0.15) is 5.10 Å². The molecule has 0 aliphatic rings. The zero-order chi connectivity index (χ0) is 32.6. The van der Waals surface area contributed by atoms with Crippen LogP contribution in [-0.4, -0.2) is 53.3 Å². The molecule has 0 bridgehead atoms. The number of nitrogens with zero attached hydrogens (tertiary/aromatic N) is 2. The third kappa shape index (κ3) is 8.06. The Hall–Kier alpha value is -5.25. The van der Waals surface area contributed by atoms with Gasteiger partial charge in [-0.1, -0.05) is 29.8 Å². The third-order valence-electron chi connectivity index (χ3n) is 7.22. The minimum atomic E-state index is -0.372. The van der Waals surface area contributed by atoms with E-state index in [0.717, 1.165) is 28.8 Å². The van der Waals surface area contributed by atoms with E-state index in [0.29, 0.717) is 51.6 Å². The van der Waals surface area contributed by atoms with E-state index in [1.807, 2.05) is 67.5 Å². The maximum Gasteiger partial charge on any atom is 0.255 e. The molecule has 0 fully saturated rings. The monoisotopic (exact) mass is 634 g/mol. The van der Waals surface area contributed by atoms with E-state index in [1.165, 1.54) is 6.08 Å². The van der Waals surface area contributed by atoms with Crippen LogP contribution in [-0.2, 0) is 4.79 Å². The highest BCUT2D eigenvalue weighted by Crippen LogP contribution is 2.33. The number of halogens is 1. The molecular weight excluding hydrogens is 600 g/mol. The van der Waals surface area contributed by atoms with Crippen molar-refractivity contribution < 1.29 is 14.4 Å². The van der Waals surface area contributed by atoms with E-state index in [2.05, 4.69) is 26.1 Å². The Morgan fingerprint density at radius 3 is 2.37 bits per heavy atom. The number of amides is 2. The summed E-state index contributed by atoms with van der Waals surface area (Å²) < 4.78 is 0. The van der Waals surface area contributed by atoms with E-state index in [-0.39, 0.29) is 17.6 Å². The highest BCUT2D eigenvalue weighted by atomic mass is 35.5. The van der Waals surface area contributed by atoms with Crippen molar-refractivity contribution in [3.8, 4) is 11.3 Å². The smallest absolute Gasteiger partial charge is 0.255 e. The minimum Gasteiger partial charge on any atom is -0.354 e. The highest BCUT2D eigenvalue weighted by Gasteiger charge is 2.16. The van der Waals surface area contributed by atoms with E-state index >= 15 is 0 Å². The minimum absolute atomic E-state index is 0.114. The van der Waals surface area contributed by atoms with Gasteiger partial charge in [-0.05, 0) is 113 Å². The molecule has 0 aliphatic carbocycles. The van der Waals surface area contributed by atoms with Crippen LogP contribution in [0, 0.1) is 0 Å². The predicted octanol–water partition coefficient (Wildman–Crippen LogP) is 7.92. The lowest BCUT2D eigenvalue weighted by atomic mass is 10.0. The number of fused-ring (bicyclic) bond motifs is 1. The Balaban J connectivity index is 1.44. The number of nitrogens with one attached hydrogen (secondary N) is 4. The lowest BCUT2D eigenvalue weighted by molar-refractivity contribution is -0.116. The number of H-pyrrole nitrogens is 1. The maximum absolute atomic E-state index is 13.5. The molecule has 4 aromatic carbocycles. The van der Waals surface area contributed by atoms with Crippen molar-refractivity contribution in [2.45, 2.75) is 19.8 Å². The number of hydrogen-bond acceptors (Lipinski definition) is 6. The normalized spacial score (nSPS) is 11.2. The van der Waals surface area contributed by atoms with Crippen molar-refractivity contribution in [2.24, 2.45) is 0 Å². The van der Waals surface area contributed by atoms with Crippen molar-refractivity contribution in [3.63, 3.8) is 0 Å². The van der Waals surface area contributed by atoms with Gasteiger partial charge in [0, 0.05) is 45.6 Å². The lowest BCUT2D eigenvalue weighted by Crippen LogP contribution is -2.18. The summed E-state index contributed by atoms with van der Waals surface area (Å²) in [6.45, 7) is 2.57. The number of para-hydroxylation sites is 1. The van der Waals surface area contributed by atoms with Crippen LogP contribution in [0.2, 0.25) is 5.02 Å². The number of aromatic nitrogens is 2. The van der Waals surface area contributed by atoms with Gasteiger partial charge < -0.3 is 20.9 Å². The second kappa shape index (κ2) is 14.7. The van der Waals surface area contributed by atoms with Crippen LogP contribution in [0.5, 0.6) is 0 Å². The summed E-state index contributed by atoms with van der Waals surface area (Å²) >= 11 is 6.33. The van der Waals surface area contributed by atoms with Crippen LogP contribution in [0.25, 0.3) is 22.2 Å². The largest absolute Gasteiger partial charge is 0.354 e. The van der Waals surface area contributed by atoms with Gasteiger partial charge in [0.05, 0.1) is 21.9 Å². The van der Waals surface area contributed by atoms with Crippen molar-refractivity contribution in [1.82, 2.24) is 15.1 Å². The van der Waals surface area contributed by atoms with Gasteiger partial charge in [0.2, 0.25) is 5.91 Å². The summed E-state index contributed by atoms with van der Waals surface area (Å²) in [5.41, 5.74) is 5.55. The first kappa shape index (κ1) is 32.2. The standard InChI is InChI=1S/C36H35ClN6O3/c1-4-8-33(44)23-12-14-26(15-13-23)40-36(46)25-19-24(20-28(21-25)39-34(45)11-7-18-43(2)3)35-29-17-16-27(22-32(29)41-42-35)38-31-10-6-5-9-30(31)37/h4-6,8-10,12-17,19-22,38H,7,11,18H2,1-3H3,(H,39,45)(H,40,46)(H,41,42)/b8-4+. The van der Waals surface area contributed by atoms with E-state index < -0.39 is 0 Å². The number of anilines is 4. The number of benzene rings is 4. The molecular formula is C36H35ClN6O3. The van der Waals surface area contributed by atoms with E-state index in [9.17, 15) is 14.4 Å². The Bertz CT molecular complexity index is 1910. The zero-order valence-electron chi connectivity index (χ0n) is 25.9. The molecule has 2 amide bonds. The van der Waals surface area contributed by atoms with Crippen molar-refractivity contribution in [3.05, 3.63) is 113 Å². The lowest BCUT2D eigenvalue weighted by Gasteiger charge is -2.12. The fourth-order valence-electron chi connectivity index (χ4n) is 4.95. The highest BCUT2D eigenvalue weighted by molar-refractivity contribution is 6.33. The molecule has 5 aromatic rings. The fourth-order valence-corrected chi connectivity index (χ4v) is 5.13. The first-order chi connectivity index (χ1) is 22.2. The average molecular weight is 635 g/mol. The van der Waals surface area contributed by atoms with E-state index in [1.54, 1.807) is 49.4 Å². The molecule has 0 saturated heterocycles. The Morgan fingerprint density at radius 1 is 0.870 bits per heavy atom. The van der Waals surface area contributed by atoms with Crippen LogP contribution in [0.4, 0.5) is 22.7 Å². The molecule has 1 heterocycles. The SMILES string of the molecule is C/C=C/C(=O)c1ccc(NC(=O)c2cc(NC(=O)CCCN(C)C)cc(-c3n[nH]c4cc(Nc5ccccc5Cl)ccc34)c2)cc1. The fraction of sp³-hybridized carbons (Fsp3) is 0.167. The number of allylic oxidation sites excluding steroid dienone is 2. The number of rotatable bonds is 12. The Kier molecular flexibility index (Phi) is 10.3. The molecule has 1 aromatic heterocycles. The molecule has 4 N–H and O–H groups in total. The Labute approximate surface area is 272 Å². The number of carbonyl (C=O) groups is 3. The summed E-state index contributed by atoms with van der Waals surface area (Å²) in [5.74, 6) is -0.630. The average Bonchev–Trinajstić information content (AvgIpc) is 3.46. The quantitative estimate of drug-likeness (QED) is 0.0818. The van der Waals surface area contributed by atoms with Crippen LogP contribution < -0.4 is 16.0 Å². The van der Waals surface area contributed by atoms with Crippen LogP contribution in [0.3, 0.4) is 0 Å². The molecule has 234 valence electrons. The summed E-state index contributed by atoms with van der Waals surface area (Å²) in [7, 11) is 3.92. The van der Waals surface area contributed by atoms with Gasteiger partial charge >= 0.3 is 0 Å². The van der Waals surface area contributed by atoms with Crippen molar-refractivity contribution in [2.75, 3.05) is 36.6 Å². The summed E-state index contributed by atoms with van der Waals surface area (Å²) in [4.78, 5) is 40.5. The molecule has 9 nitrogen and oxygen atoms in total. The van der Waals surface area contributed by atoms with Crippen LogP contribution >= 0.6 is 11.6 Å². The molecule has 0 radical (unpaired) electrons. The van der Waals surface area contributed by atoms with E-state index in [4.69, 9.17) is 11.6 Å². The van der Waals surface area contributed by atoms with Gasteiger partial charge in [-0.3, -0.25) is 19.5 Å². The molecule has 0 saturated carbocycles. The first-order valence-electron chi connectivity index (χ1n) is 14.9. The number of hydrogen-bond donors (Lipinski definition) is 4. The third-order valence-corrected chi connectivity index (χ3v) is 7.55. The number of carbonyl (C=O) groups excluding carboxylic acids is 3. The first-order valence-corrected chi connectivity index (χ1v) is 15.3. The van der Waals surface area contributed by atoms with Gasteiger partial charge in [0.15, 0.2) is 5.78 Å². The molecule has 0 atom stereocenters. The summed E-state index contributed by atoms with van der Waals surface area (Å²) in [5, 5.41) is 18.3. The van der Waals surface area contributed by atoms with Crippen LogP contribution in [0.15, 0.2) is 97.1 Å². The zero-order valence-corrected chi connectivity index (χ0v) is 26.6. The number of ketones is 1. The van der Waals surface area contributed by atoms with Crippen molar-refractivity contribution >= 4 is 62.9 Å². The molecule has 10 heteroatoms. The molecule has 0 unspecified atom stereocenters. The summed E-state index contributed by atoms with van der Waals surface area (Å²) in [6.07, 6.45) is 4.22. The molecule has 0 aliphatic heterocycles. The maximum atomic E-state index is 13.5. The van der Waals surface area contributed by atoms with Gasteiger partial charge in [-0.15, -0.1) is 0 Å². The molecule has 46 heavy (non-hydrogen) atoms. The number of aromatic amines is 1. The predicted molar refractivity (Wildman–Crippen MR) is 186 cm³/mol. The molecule has 5 rings (SSSR count). The molecule has 0 spiro atoms. The van der Waals surface area contributed by atoms with Gasteiger partial charge in [0.25, 0.3) is 5.91 Å². The second-order valence-corrected chi connectivity index (χ2v) is 11.5. The van der Waals surface area contributed by atoms with Gasteiger partial charge in [-0.25, -0.2) is 0 Å². The van der Waals surface area contributed by atoms with Gasteiger partial charge in [0.1, 0.15) is 0 Å². The second-order valence-electron chi connectivity index (χ2n) is 11.1. The topological polar surface area (TPSA) is 119 Å². The van der Waals surface area contributed by atoms with Crippen LogP contribution in [0.1, 0.15) is 40.5 Å². The van der Waals surface area contributed by atoms with Crippen molar-refractivity contribution in [1.29, 1.82) is 0 Å².